The van der Waals surface area contributed by atoms with Crippen molar-refractivity contribution in [3.8, 4) is 0 Å². The standard InChI is InChI=1S/C13H19BrN4/c14-10-8-16-13(15)17-12(10)18-7-3-6-11(18)9-4-1-2-5-9/h8-9,11H,1-7H2,(H2,15,16,17). The number of hydrogen-bond acceptors (Lipinski definition) is 4. The van der Waals surface area contributed by atoms with Crippen LogP contribution in [0.5, 0.6) is 0 Å². The van der Waals surface area contributed by atoms with Crippen molar-refractivity contribution in [2.45, 2.75) is 44.6 Å². The van der Waals surface area contributed by atoms with Crippen molar-refractivity contribution >= 4 is 27.7 Å². The van der Waals surface area contributed by atoms with Gasteiger partial charge in [-0.2, -0.15) is 4.98 Å². The first kappa shape index (κ1) is 12.2. The van der Waals surface area contributed by atoms with Gasteiger partial charge in [-0.3, -0.25) is 0 Å². The number of hydrogen-bond donors (Lipinski definition) is 1. The summed E-state index contributed by atoms with van der Waals surface area (Å²) in [6.45, 7) is 1.09. The van der Waals surface area contributed by atoms with Gasteiger partial charge in [-0.1, -0.05) is 12.8 Å². The average Bonchev–Trinajstić information content (AvgIpc) is 3.00. The zero-order valence-corrected chi connectivity index (χ0v) is 12.1. The van der Waals surface area contributed by atoms with Crippen molar-refractivity contribution in [1.29, 1.82) is 0 Å². The third-order valence-electron chi connectivity index (χ3n) is 4.26. The van der Waals surface area contributed by atoms with Gasteiger partial charge in [0.2, 0.25) is 5.95 Å². The molecule has 0 amide bonds. The van der Waals surface area contributed by atoms with Crippen LogP contribution in [-0.2, 0) is 0 Å². The maximum Gasteiger partial charge on any atom is 0.222 e. The number of rotatable bonds is 2. The summed E-state index contributed by atoms with van der Waals surface area (Å²) in [6.07, 6.45) is 9.85. The molecule has 2 aliphatic rings. The highest BCUT2D eigenvalue weighted by Gasteiger charge is 2.34. The van der Waals surface area contributed by atoms with Gasteiger partial charge in [-0.05, 0) is 47.5 Å². The first-order valence-corrected chi connectivity index (χ1v) is 7.59. The maximum absolute atomic E-state index is 5.72. The van der Waals surface area contributed by atoms with Crippen LogP contribution in [0.1, 0.15) is 38.5 Å². The highest BCUT2D eigenvalue weighted by atomic mass is 79.9. The van der Waals surface area contributed by atoms with Gasteiger partial charge in [0, 0.05) is 18.8 Å². The Balaban J connectivity index is 1.87. The Morgan fingerprint density at radius 3 is 2.78 bits per heavy atom. The molecule has 3 rings (SSSR count). The van der Waals surface area contributed by atoms with Crippen LogP contribution >= 0.6 is 15.9 Å². The minimum absolute atomic E-state index is 0.366. The first-order chi connectivity index (χ1) is 8.75. The Hall–Kier alpha value is -0.840. The number of nitrogens with zero attached hydrogens (tertiary/aromatic N) is 3. The molecule has 1 unspecified atom stereocenters. The van der Waals surface area contributed by atoms with E-state index in [4.69, 9.17) is 5.73 Å². The number of nitrogens with two attached hydrogens (primary N) is 1. The number of halogens is 1. The van der Waals surface area contributed by atoms with Crippen molar-refractivity contribution in [3.63, 3.8) is 0 Å². The van der Waals surface area contributed by atoms with Crippen LogP contribution in [0.15, 0.2) is 10.7 Å². The van der Waals surface area contributed by atoms with Gasteiger partial charge in [0.1, 0.15) is 5.82 Å². The van der Waals surface area contributed by atoms with Crippen LogP contribution in [0.2, 0.25) is 0 Å². The van der Waals surface area contributed by atoms with E-state index in [0.29, 0.717) is 12.0 Å². The van der Waals surface area contributed by atoms with E-state index in [0.717, 1.165) is 22.8 Å². The summed E-state index contributed by atoms with van der Waals surface area (Å²) in [5.41, 5.74) is 5.72. The van der Waals surface area contributed by atoms with E-state index in [1.165, 1.54) is 38.5 Å². The molecule has 5 heteroatoms. The summed E-state index contributed by atoms with van der Waals surface area (Å²) in [6, 6.07) is 0.651. The number of nitrogen functional groups attached to an aromatic ring is 1. The Labute approximate surface area is 116 Å². The fourth-order valence-electron chi connectivity index (χ4n) is 3.46. The van der Waals surface area contributed by atoms with Crippen LogP contribution in [0.4, 0.5) is 11.8 Å². The predicted molar refractivity (Wildman–Crippen MR) is 76.5 cm³/mol. The fourth-order valence-corrected chi connectivity index (χ4v) is 3.88. The second-order valence-corrected chi connectivity index (χ2v) is 6.20. The molecule has 4 nitrogen and oxygen atoms in total. The summed E-state index contributed by atoms with van der Waals surface area (Å²) in [7, 11) is 0. The SMILES string of the molecule is Nc1ncc(Br)c(N2CCCC2C2CCCC2)n1. The van der Waals surface area contributed by atoms with Gasteiger partial charge in [0.15, 0.2) is 0 Å². The van der Waals surface area contributed by atoms with Crippen LogP contribution in [0.3, 0.4) is 0 Å². The molecule has 1 aromatic rings. The van der Waals surface area contributed by atoms with E-state index in [1.54, 1.807) is 6.20 Å². The number of anilines is 2. The van der Waals surface area contributed by atoms with Crippen molar-refractivity contribution < 1.29 is 0 Å². The summed E-state index contributed by atoms with van der Waals surface area (Å²) in [4.78, 5) is 10.9. The predicted octanol–water partition coefficient (Wildman–Crippen LogP) is 2.98. The van der Waals surface area contributed by atoms with Gasteiger partial charge in [0.05, 0.1) is 4.47 Å². The molecule has 1 aliphatic carbocycles. The maximum atomic E-state index is 5.72. The molecule has 0 spiro atoms. The van der Waals surface area contributed by atoms with Gasteiger partial charge >= 0.3 is 0 Å². The zero-order valence-electron chi connectivity index (χ0n) is 10.5. The quantitative estimate of drug-likeness (QED) is 0.912. The van der Waals surface area contributed by atoms with Gasteiger partial charge in [0.25, 0.3) is 0 Å². The Kier molecular flexibility index (Phi) is 3.41. The van der Waals surface area contributed by atoms with Gasteiger partial charge in [-0.15, -0.1) is 0 Å². The van der Waals surface area contributed by atoms with Gasteiger partial charge in [-0.25, -0.2) is 4.98 Å². The summed E-state index contributed by atoms with van der Waals surface area (Å²) in [5, 5.41) is 0. The molecule has 1 aliphatic heterocycles. The van der Waals surface area contributed by atoms with Crippen molar-refractivity contribution in [3.05, 3.63) is 10.7 Å². The lowest BCUT2D eigenvalue weighted by Gasteiger charge is -2.30. The largest absolute Gasteiger partial charge is 0.368 e. The Morgan fingerprint density at radius 2 is 2.00 bits per heavy atom. The molecule has 1 saturated heterocycles. The summed E-state index contributed by atoms with van der Waals surface area (Å²) >= 11 is 3.55. The molecule has 0 radical (unpaired) electrons. The van der Waals surface area contributed by atoms with E-state index >= 15 is 0 Å². The normalized spacial score (nSPS) is 24.9. The minimum atomic E-state index is 0.366. The molecule has 2 N–H and O–H groups in total. The Bertz CT molecular complexity index is 431. The van der Waals surface area contributed by atoms with Crippen molar-refractivity contribution in [1.82, 2.24) is 9.97 Å². The second kappa shape index (κ2) is 5.03. The van der Waals surface area contributed by atoms with E-state index in [-0.39, 0.29) is 0 Å². The molecule has 1 saturated carbocycles. The van der Waals surface area contributed by atoms with E-state index in [9.17, 15) is 0 Å². The number of aromatic nitrogens is 2. The average molecular weight is 311 g/mol. The fraction of sp³-hybridized carbons (Fsp3) is 0.692. The minimum Gasteiger partial charge on any atom is -0.368 e. The van der Waals surface area contributed by atoms with Crippen molar-refractivity contribution in [2.75, 3.05) is 17.2 Å². The molecule has 18 heavy (non-hydrogen) atoms. The first-order valence-electron chi connectivity index (χ1n) is 6.80. The summed E-state index contributed by atoms with van der Waals surface area (Å²) in [5.74, 6) is 2.19. The van der Waals surface area contributed by atoms with E-state index in [2.05, 4.69) is 30.8 Å². The molecule has 0 aromatic carbocycles. The zero-order chi connectivity index (χ0) is 12.5. The molecule has 1 aromatic heterocycles. The lowest BCUT2D eigenvalue weighted by Crippen LogP contribution is -2.35. The van der Waals surface area contributed by atoms with E-state index in [1.807, 2.05) is 0 Å². The molecule has 98 valence electrons. The molecule has 0 bridgehead atoms. The van der Waals surface area contributed by atoms with E-state index < -0.39 is 0 Å². The lowest BCUT2D eigenvalue weighted by molar-refractivity contribution is 0.429. The van der Waals surface area contributed by atoms with Crippen LogP contribution in [-0.4, -0.2) is 22.6 Å². The topological polar surface area (TPSA) is 55.0 Å². The molecular formula is C13H19BrN4. The smallest absolute Gasteiger partial charge is 0.222 e. The molecular weight excluding hydrogens is 292 g/mol. The van der Waals surface area contributed by atoms with Gasteiger partial charge < -0.3 is 10.6 Å². The third kappa shape index (κ3) is 2.20. The monoisotopic (exact) mass is 310 g/mol. The molecule has 1 atom stereocenters. The van der Waals surface area contributed by atoms with Crippen LogP contribution in [0.25, 0.3) is 0 Å². The highest BCUT2D eigenvalue weighted by Crippen LogP contribution is 2.39. The van der Waals surface area contributed by atoms with Crippen molar-refractivity contribution in [2.24, 2.45) is 5.92 Å². The molecule has 2 heterocycles. The van der Waals surface area contributed by atoms with Crippen LogP contribution in [0, 0.1) is 5.92 Å². The third-order valence-corrected chi connectivity index (χ3v) is 4.82. The Morgan fingerprint density at radius 1 is 1.22 bits per heavy atom. The summed E-state index contributed by atoms with van der Waals surface area (Å²) < 4.78 is 0.960. The second-order valence-electron chi connectivity index (χ2n) is 5.35. The lowest BCUT2D eigenvalue weighted by atomic mass is 9.96. The highest BCUT2D eigenvalue weighted by molar-refractivity contribution is 9.10. The molecule has 2 fully saturated rings. The van der Waals surface area contributed by atoms with Crippen LogP contribution < -0.4 is 10.6 Å².